The highest BCUT2D eigenvalue weighted by Crippen LogP contribution is 2.22. The van der Waals surface area contributed by atoms with Crippen molar-refractivity contribution in [2.45, 2.75) is 31.4 Å². The van der Waals surface area contributed by atoms with Crippen molar-refractivity contribution in [3.63, 3.8) is 0 Å². The largest absolute Gasteiger partial charge is 0.501 e. The molecule has 0 amide bonds. The summed E-state index contributed by atoms with van der Waals surface area (Å²) in [5.41, 5.74) is 0. The standard InChI is InChI=1S/C9H16O3S/c1-2-6-12-7-5-9-4-3-8-13(9,10)11/h2,6,9H,3-5,7-8H2,1H3/b6-2+. The summed E-state index contributed by atoms with van der Waals surface area (Å²) in [5.74, 6) is 0.362. The summed E-state index contributed by atoms with van der Waals surface area (Å²) < 4.78 is 27.8. The van der Waals surface area contributed by atoms with Gasteiger partial charge in [0.1, 0.15) is 0 Å². The van der Waals surface area contributed by atoms with Crippen LogP contribution >= 0.6 is 0 Å². The molecule has 3 nitrogen and oxygen atoms in total. The highest BCUT2D eigenvalue weighted by atomic mass is 32.2. The first-order chi connectivity index (χ1) is 6.17. The molecule has 1 unspecified atom stereocenters. The summed E-state index contributed by atoms with van der Waals surface area (Å²) in [4.78, 5) is 0. The van der Waals surface area contributed by atoms with Crippen molar-refractivity contribution in [2.24, 2.45) is 0 Å². The van der Waals surface area contributed by atoms with E-state index in [1.54, 1.807) is 12.3 Å². The molecule has 1 fully saturated rings. The highest BCUT2D eigenvalue weighted by Gasteiger charge is 2.30. The van der Waals surface area contributed by atoms with Crippen LogP contribution in [0.4, 0.5) is 0 Å². The number of rotatable bonds is 4. The van der Waals surface area contributed by atoms with E-state index in [2.05, 4.69) is 0 Å². The molecular formula is C9H16O3S. The van der Waals surface area contributed by atoms with Gasteiger partial charge in [0.05, 0.1) is 23.9 Å². The van der Waals surface area contributed by atoms with E-state index in [1.165, 1.54) is 0 Å². The van der Waals surface area contributed by atoms with Crippen molar-refractivity contribution in [2.75, 3.05) is 12.4 Å². The Labute approximate surface area is 79.7 Å². The van der Waals surface area contributed by atoms with Gasteiger partial charge in [-0.3, -0.25) is 0 Å². The summed E-state index contributed by atoms with van der Waals surface area (Å²) in [6.45, 7) is 2.38. The smallest absolute Gasteiger partial charge is 0.153 e. The van der Waals surface area contributed by atoms with E-state index in [-0.39, 0.29) is 5.25 Å². The Kier molecular flexibility index (Phi) is 3.78. The van der Waals surface area contributed by atoms with Gasteiger partial charge in [0.25, 0.3) is 0 Å². The van der Waals surface area contributed by atoms with Crippen molar-refractivity contribution >= 4 is 9.84 Å². The minimum Gasteiger partial charge on any atom is -0.501 e. The molecule has 1 aliphatic rings. The topological polar surface area (TPSA) is 43.4 Å². The normalized spacial score (nSPS) is 26.7. The molecule has 0 aromatic carbocycles. The first-order valence-corrected chi connectivity index (χ1v) is 6.32. The minimum atomic E-state index is -2.78. The third-order valence-electron chi connectivity index (χ3n) is 2.25. The molecular weight excluding hydrogens is 188 g/mol. The van der Waals surface area contributed by atoms with Crippen LogP contribution in [0.25, 0.3) is 0 Å². The Balaban J connectivity index is 2.29. The van der Waals surface area contributed by atoms with Gasteiger partial charge < -0.3 is 4.74 Å². The molecule has 0 bridgehead atoms. The van der Waals surface area contributed by atoms with Crippen LogP contribution in [0.1, 0.15) is 26.2 Å². The van der Waals surface area contributed by atoms with E-state index < -0.39 is 9.84 Å². The molecule has 1 saturated heterocycles. The number of sulfone groups is 1. The number of hydrogen-bond donors (Lipinski definition) is 0. The van der Waals surface area contributed by atoms with Gasteiger partial charge in [-0.2, -0.15) is 0 Å². The molecule has 13 heavy (non-hydrogen) atoms. The third kappa shape index (κ3) is 3.03. The monoisotopic (exact) mass is 204 g/mol. The molecule has 0 saturated carbocycles. The SMILES string of the molecule is C/C=C/OCCC1CCCS1(=O)=O. The lowest BCUT2D eigenvalue weighted by molar-refractivity contribution is 0.242. The van der Waals surface area contributed by atoms with Gasteiger partial charge >= 0.3 is 0 Å². The van der Waals surface area contributed by atoms with E-state index in [1.807, 2.05) is 6.92 Å². The zero-order chi connectivity index (χ0) is 9.73. The van der Waals surface area contributed by atoms with Crippen molar-refractivity contribution in [3.05, 3.63) is 12.3 Å². The van der Waals surface area contributed by atoms with E-state index in [4.69, 9.17) is 4.74 Å². The van der Waals surface area contributed by atoms with Crippen molar-refractivity contribution in [3.8, 4) is 0 Å². The molecule has 1 atom stereocenters. The number of hydrogen-bond acceptors (Lipinski definition) is 3. The minimum absolute atomic E-state index is 0.155. The second-order valence-electron chi connectivity index (χ2n) is 3.26. The summed E-state index contributed by atoms with van der Waals surface area (Å²) in [5, 5.41) is -0.155. The predicted octanol–water partition coefficient (Wildman–Crippen LogP) is 1.50. The fraction of sp³-hybridized carbons (Fsp3) is 0.778. The van der Waals surface area contributed by atoms with Crippen LogP contribution < -0.4 is 0 Å². The van der Waals surface area contributed by atoms with Crippen LogP contribution in [-0.2, 0) is 14.6 Å². The maximum absolute atomic E-state index is 11.4. The molecule has 1 heterocycles. The first-order valence-electron chi connectivity index (χ1n) is 4.61. The Morgan fingerprint density at radius 2 is 2.31 bits per heavy atom. The molecule has 0 aliphatic carbocycles. The number of ether oxygens (including phenoxy) is 1. The maximum atomic E-state index is 11.4. The summed E-state index contributed by atoms with van der Waals surface area (Å²) in [6, 6.07) is 0. The molecule has 0 N–H and O–H groups in total. The second-order valence-corrected chi connectivity index (χ2v) is 5.66. The number of allylic oxidation sites excluding steroid dienone is 1. The zero-order valence-corrected chi connectivity index (χ0v) is 8.72. The lowest BCUT2D eigenvalue weighted by atomic mass is 10.2. The van der Waals surface area contributed by atoms with Gasteiger partial charge in [0.15, 0.2) is 9.84 Å². The molecule has 0 aromatic rings. The summed E-state index contributed by atoms with van der Waals surface area (Å²) in [7, 11) is -2.78. The Bertz CT molecular complexity index is 267. The van der Waals surface area contributed by atoms with E-state index >= 15 is 0 Å². The molecule has 0 spiro atoms. The Morgan fingerprint density at radius 1 is 1.54 bits per heavy atom. The highest BCUT2D eigenvalue weighted by molar-refractivity contribution is 7.92. The van der Waals surface area contributed by atoms with Crippen LogP contribution in [0.3, 0.4) is 0 Å². The van der Waals surface area contributed by atoms with Crippen LogP contribution in [-0.4, -0.2) is 26.0 Å². The van der Waals surface area contributed by atoms with Crippen molar-refractivity contribution in [1.29, 1.82) is 0 Å². The van der Waals surface area contributed by atoms with Crippen LogP contribution in [0.15, 0.2) is 12.3 Å². The maximum Gasteiger partial charge on any atom is 0.153 e. The zero-order valence-electron chi connectivity index (χ0n) is 7.90. The second kappa shape index (κ2) is 4.65. The quantitative estimate of drug-likeness (QED) is 0.515. The van der Waals surface area contributed by atoms with Crippen LogP contribution in [0.2, 0.25) is 0 Å². The average Bonchev–Trinajstić information content (AvgIpc) is 2.40. The fourth-order valence-electron chi connectivity index (χ4n) is 1.55. The van der Waals surface area contributed by atoms with Crippen molar-refractivity contribution < 1.29 is 13.2 Å². The molecule has 76 valence electrons. The molecule has 4 heteroatoms. The molecule has 0 aromatic heterocycles. The third-order valence-corrected chi connectivity index (χ3v) is 4.60. The van der Waals surface area contributed by atoms with Gasteiger partial charge in [-0.1, -0.05) is 6.08 Å². The van der Waals surface area contributed by atoms with Gasteiger partial charge in [-0.05, 0) is 26.2 Å². The summed E-state index contributed by atoms with van der Waals surface area (Å²) in [6.07, 6.45) is 5.65. The Hall–Kier alpha value is -0.510. The van der Waals surface area contributed by atoms with Gasteiger partial charge in [-0.25, -0.2) is 8.42 Å². The molecule has 1 aliphatic heterocycles. The van der Waals surface area contributed by atoms with E-state index in [0.717, 1.165) is 12.8 Å². The Morgan fingerprint density at radius 3 is 2.85 bits per heavy atom. The van der Waals surface area contributed by atoms with Gasteiger partial charge in [-0.15, -0.1) is 0 Å². The molecule has 1 rings (SSSR count). The van der Waals surface area contributed by atoms with Crippen molar-refractivity contribution in [1.82, 2.24) is 0 Å². The van der Waals surface area contributed by atoms with E-state index in [0.29, 0.717) is 18.8 Å². The fourth-order valence-corrected chi connectivity index (χ4v) is 3.43. The lowest BCUT2D eigenvalue weighted by Gasteiger charge is -2.07. The van der Waals surface area contributed by atoms with Gasteiger partial charge in [0.2, 0.25) is 0 Å². The first kappa shape index (κ1) is 10.6. The van der Waals surface area contributed by atoms with E-state index in [9.17, 15) is 8.42 Å². The van der Waals surface area contributed by atoms with Gasteiger partial charge in [0, 0.05) is 0 Å². The molecule has 0 radical (unpaired) electrons. The lowest BCUT2D eigenvalue weighted by Crippen LogP contribution is -2.17. The summed E-state index contributed by atoms with van der Waals surface area (Å²) >= 11 is 0. The van der Waals surface area contributed by atoms with Crippen LogP contribution in [0.5, 0.6) is 0 Å². The van der Waals surface area contributed by atoms with Crippen LogP contribution in [0, 0.1) is 0 Å². The average molecular weight is 204 g/mol. The predicted molar refractivity (Wildman–Crippen MR) is 52.2 cm³/mol.